The molecular weight excluding hydrogens is 209 g/mol. The lowest BCUT2D eigenvalue weighted by molar-refractivity contribution is -0.148. The monoisotopic (exact) mass is 226 g/mol. The maximum Gasteiger partial charge on any atom is 0.401 e. The molecule has 1 fully saturated rings. The van der Waals surface area contributed by atoms with Crippen molar-refractivity contribution in [2.45, 2.75) is 25.1 Å². The van der Waals surface area contributed by atoms with Crippen LogP contribution in [0.5, 0.6) is 0 Å². The third kappa shape index (κ3) is 5.96. The number of halogens is 3. The van der Waals surface area contributed by atoms with E-state index >= 15 is 0 Å². The molecule has 0 aromatic heterocycles. The van der Waals surface area contributed by atoms with Gasteiger partial charge in [-0.3, -0.25) is 4.90 Å². The van der Waals surface area contributed by atoms with Crippen LogP contribution in [0, 0.1) is 0 Å². The zero-order chi connectivity index (χ0) is 11.3. The van der Waals surface area contributed by atoms with Crippen molar-refractivity contribution in [3.8, 4) is 0 Å². The van der Waals surface area contributed by atoms with Crippen LogP contribution in [-0.2, 0) is 4.74 Å². The molecule has 6 heteroatoms. The molecule has 0 amide bonds. The fraction of sp³-hybridized carbons (Fsp3) is 1.00. The summed E-state index contributed by atoms with van der Waals surface area (Å²) in [6.45, 7) is 0.644. The van der Waals surface area contributed by atoms with Crippen molar-refractivity contribution < 1.29 is 17.9 Å². The molecule has 0 atom stereocenters. The van der Waals surface area contributed by atoms with E-state index in [4.69, 9.17) is 10.5 Å². The van der Waals surface area contributed by atoms with Crippen molar-refractivity contribution in [2.75, 3.05) is 32.8 Å². The molecular formula is C9H17F3N2O. The van der Waals surface area contributed by atoms with E-state index in [1.807, 2.05) is 0 Å². The second-order valence-electron chi connectivity index (χ2n) is 3.72. The Morgan fingerprint density at radius 1 is 1.27 bits per heavy atom. The summed E-state index contributed by atoms with van der Waals surface area (Å²) in [6, 6.07) is 0.105. The van der Waals surface area contributed by atoms with Crippen molar-refractivity contribution in [3.63, 3.8) is 0 Å². The van der Waals surface area contributed by atoms with Crippen LogP contribution in [0.15, 0.2) is 0 Å². The lowest BCUT2D eigenvalue weighted by Crippen LogP contribution is -2.38. The van der Waals surface area contributed by atoms with E-state index in [9.17, 15) is 13.2 Å². The Kier molecular flexibility index (Phi) is 4.82. The van der Waals surface area contributed by atoms with Crippen LogP contribution in [0.4, 0.5) is 13.2 Å². The highest BCUT2D eigenvalue weighted by atomic mass is 19.4. The topological polar surface area (TPSA) is 38.5 Å². The normalized spacial score (nSPS) is 17.4. The van der Waals surface area contributed by atoms with Crippen LogP contribution < -0.4 is 5.73 Å². The van der Waals surface area contributed by atoms with Crippen LogP contribution in [0.3, 0.4) is 0 Å². The first-order chi connectivity index (χ1) is 7.03. The average molecular weight is 226 g/mol. The molecule has 90 valence electrons. The van der Waals surface area contributed by atoms with Crippen LogP contribution >= 0.6 is 0 Å². The molecule has 1 saturated carbocycles. The lowest BCUT2D eigenvalue weighted by atomic mass is 10.4. The molecule has 0 aromatic carbocycles. The Hall–Kier alpha value is -0.330. The fourth-order valence-electron chi connectivity index (χ4n) is 1.43. The van der Waals surface area contributed by atoms with Crippen molar-refractivity contribution in [2.24, 2.45) is 5.73 Å². The van der Waals surface area contributed by atoms with E-state index in [0.717, 1.165) is 12.8 Å². The molecule has 0 spiro atoms. The van der Waals surface area contributed by atoms with Crippen molar-refractivity contribution in [3.05, 3.63) is 0 Å². The highest BCUT2D eigenvalue weighted by Gasteiger charge is 2.37. The highest BCUT2D eigenvalue weighted by molar-refractivity contribution is 4.85. The molecule has 2 N–H and O–H groups in total. The Morgan fingerprint density at radius 3 is 2.40 bits per heavy atom. The fourth-order valence-corrected chi connectivity index (χ4v) is 1.43. The minimum atomic E-state index is -4.11. The van der Waals surface area contributed by atoms with Gasteiger partial charge >= 0.3 is 6.18 Å². The molecule has 0 radical (unpaired) electrons. The number of nitrogens with zero attached hydrogens (tertiary/aromatic N) is 1. The first kappa shape index (κ1) is 12.7. The quantitative estimate of drug-likeness (QED) is 0.658. The smallest absolute Gasteiger partial charge is 0.379 e. The predicted octanol–water partition coefficient (Wildman–Crippen LogP) is 0.988. The Morgan fingerprint density at radius 2 is 1.93 bits per heavy atom. The molecule has 0 heterocycles. The number of rotatable bonds is 7. The molecule has 15 heavy (non-hydrogen) atoms. The first-order valence-electron chi connectivity index (χ1n) is 5.11. The standard InChI is InChI=1S/C9H17F3N2O/c10-9(11,12)7-14(8-1-2-8)4-6-15-5-3-13/h8H,1-7,13H2. The summed E-state index contributed by atoms with van der Waals surface area (Å²) in [6.07, 6.45) is -2.38. The van der Waals surface area contributed by atoms with Gasteiger partial charge in [-0.1, -0.05) is 0 Å². The summed E-state index contributed by atoms with van der Waals surface area (Å²) >= 11 is 0. The van der Waals surface area contributed by atoms with Gasteiger partial charge in [0.05, 0.1) is 19.8 Å². The van der Waals surface area contributed by atoms with Crippen LogP contribution in [0.25, 0.3) is 0 Å². The number of ether oxygens (including phenoxy) is 1. The number of hydrogen-bond acceptors (Lipinski definition) is 3. The van der Waals surface area contributed by atoms with Gasteiger partial charge in [0.1, 0.15) is 0 Å². The zero-order valence-electron chi connectivity index (χ0n) is 8.59. The van der Waals surface area contributed by atoms with Crippen molar-refractivity contribution >= 4 is 0 Å². The van der Waals surface area contributed by atoms with E-state index < -0.39 is 12.7 Å². The summed E-state index contributed by atoms with van der Waals surface area (Å²) < 4.78 is 41.6. The van der Waals surface area contributed by atoms with E-state index in [1.165, 1.54) is 4.90 Å². The maximum absolute atomic E-state index is 12.2. The summed E-state index contributed by atoms with van der Waals surface area (Å²) in [5.41, 5.74) is 5.20. The predicted molar refractivity (Wildman–Crippen MR) is 50.5 cm³/mol. The van der Waals surface area contributed by atoms with E-state index in [-0.39, 0.29) is 6.04 Å². The lowest BCUT2D eigenvalue weighted by Gasteiger charge is -2.23. The van der Waals surface area contributed by atoms with E-state index in [2.05, 4.69) is 0 Å². The van der Waals surface area contributed by atoms with Gasteiger partial charge in [-0.05, 0) is 12.8 Å². The van der Waals surface area contributed by atoms with Gasteiger partial charge in [0.2, 0.25) is 0 Å². The zero-order valence-corrected chi connectivity index (χ0v) is 8.59. The first-order valence-corrected chi connectivity index (χ1v) is 5.11. The largest absolute Gasteiger partial charge is 0.401 e. The summed E-state index contributed by atoms with van der Waals surface area (Å²) in [5, 5.41) is 0. The van der Waals surface area contributed by atoms with Gasteiger partial charge in [0.15, 0.2) is 0 Å². The molecule has 0 unspecified atom stereocenters. The minimum absolute atomic E-state index is 0.105. The van der Waals surface area contributed by atoms with E-state index in [0.29, 0.717) is 26.3 Å². The molecule has 1 aliphatic carbocycles. The van der Waals surface area contributed by atoms with Gasteiger partial charge in [0.25, 0.3) is 0 Å². The van der Waals surface area contributed by atoms with E-state index in [1.54, 1.807) is 0 Å². The van der Waals surface area contributed by atoms with Crippen LogP contribution in [0.2, 0.25) is 0 Å². The van der Waals surface area contributed by atoms with Gasteiger partial charge in [-0.25, -0.2) is 0 Å². The molecule has 1 rings (SSSR count). The molecule has 0 aliphatic heterocycles. The Bertz CT molecular complexity index is 183. The molecule has 0 saturated heterocycles. The molecule has 0 bridgehead atoms. The third-order valence-electron chi connectivity index (χ3n) is 2.23. The van der Waals surface area contributed by atoms with Gasteiger partial charge in [-0.2, -0.15) is 13.2 Å². The number of hydrogen-bond donors (Lipinski definition) is 1. The third-order valence-corrected chi connectivity index (χ3v) is 2.23. The maximum atomic E-state index is 12.2. The van der Waals surface area contributed by atoms with Crippen molar-refractivity contribution in [1.29, 1.82) is 0 Å². The number of alkyl halides is 3. The van der Waals surface area contributed by atoms with Crippen LogP contribution in [-0.4, -0.2) is 50.0 Å². The minimum Gasteiger partial charge on any atom is -0.379 e. The molecule has 3 nitrogen and oxygen atoms in total. The van der Waals surface area contributed by atoms with Gasteiger partial charge in [-0.15, -0.1) is 0 Å². The van der Waals surface area contributed by atoms with Crippen molar-refractivity contribution in [1.82, 2.24) is 4.90 Å². The Labute approximate surface area is 87.4 Å². The second kappa shape index (κ2) is 5.67. The summed E-state index contributed by atoms with van der Waals surface area (Å²) in [7, 11) is 0. The number of nitrogens with two attached hydrogens (primary N) is 1. The SMILES string of the molecule is NCCOCCN(CC(F)(F)F)C1CC1. The summed E-state index contributed by atoms with van der Waals surface area (Å²) in [5.74, 6) is 0. The highest BCUT2D eigenvalue weighted by Crippen LogP contribution is 2.29. The molecule has 1 aliphatic rings. The average Bonchev–Trinajstić information content (AvgIpc) is 2.91. The van der Waals surface area contributed by atoms with Gasteiger partial charge < -0.3 is 10.5 Å². The van der Waals surface area contributed by atoms with Gasteiger partial charge in [0, 0.05) is 19.1 Å². The summed E-state index contributed by atoms with van der Waals surface area (Å²) in [4.78, 5) is 1.44. The second-order valence-corrected chi connectivity index (χ2v) is 3.72. The molecule has 0 aromatic rings. The Balaban J connectivity index is 2.19. The van der Waals surface area contributed by atoms with Crippen LogP contribution in [0.1, 0.15) is 12.8 Å².